The Labute approximate surface area is 211 Å². The molecule has 1 unspecified atom stereocenters. The first-order valence-electron chi connectivity index (χ1n) is 11.7. The van der Waals surface area contributed by atoms with E-state index in [1.165, 1.54) is 29.2 Å². The molecule has 0 heterocycles. The van der Waals surface area contributed by atoms with E-state index in [9.17, 15) is 22.4 Å². The fourth-order valence-electron chi connectivity index (χ4n) is 3.61. The van der Waals surface area contributed by atoms with Crippen LogP contribution in [0.3, 0.4) is 0 Å². The molecule has 1 N–H and O–H groups in total. The van der Waals surface area contributed by atoms with Crippen LogP contribution in [0.25, 0.3) is 0 Å². The van der Waals surface area contributed by atoms with Crippen LogP contribution in [-0.4, -0.2) is 44.3 Å². The van der Waals surface area contributed by atoms with Gasteiger partial charge in [-0.15, -0.1) is 0 Å². The quantitative estimate of drug-likeness (QED) is 0.422. The molecule has 0 aliphatic rings. The van der Waals surface area contributed by atoms with E-state index in [1.807, 2.05) is 37.3 Å². The molecule has 2 amide bonds. The zero-order valence-electron chi connectivity index (χ0n) is 20.3. The summed E-state index contributed by atoms with van der Waals surface area (Å²) < 4.78 is 41.7. The summed E-state index contributed by atoms with van der Waals surface area (Å²) in [5.41, 5.74) is 0.927. The second-order valence-corrected chi connectivity index (χ2v) is 10.1. The number of amides is 2. The van der Waals surface area contributed by atoms with Crippen LogP contribution in [0.2, 0.25) is 0 Å². The van der Waals surface area contributed by atoms with E-state index >= 15 is 0 Å². The second-order valence-electron chi connectivity index (χ2n) is 8.28. The number of nitrogens with zero attached hydrogens (tertiary/aromatic N) is 2. The summed E-state index contributed by atoms with van der Waals surface area (Å²) in [5, 5.41) is 2.79. The molecule has 9 heteroatoms. The Morgan fingerprint density at radius 3 is 2.08 bits per heavy atom. The maximum Gasteiger partial charge on any atom is 0.264 e. The summed E-state index contributed by atoms with van der Waals surface area (Å²) in [6, 6.07) is 20.9. The van der Waals surface area contributed by atoms with Gasteiger partial charge in [-0.1, -0.05) is 55.5 Å². The lowest BCUT2D eigenvalue weighted by Gasteiger charge is -2.32. The van der Waals surface area contributed by atoms with Crippen molar-refractivity contribution < 1.29 is 22.4 Å². The molecule has 0 spiro atoms. The highest BCUT2D eigenvalue weighted by molar-refractivity contribution is 7.92. The first kappa shape index (κ1) is 26.9. The van der Waals surface area contributed by atoms with Gasteiger partial charge in [0.1, 0.15) is 18.4 Å². The van der Waals surface area contributed by atoms with Crippen LogP contribution in [0, 0.1) is 5.82 Å². The molecule has 190 valence electrons. The summed E-state index contributed by atoms with van der Waals surface area (Å²) in [7, 11) is -4.17. The standard InChI is InChI=1S/C27H30FN3O4S/c1-3-18-29-27(33)21(2)30(19-22-10-6-4-7-11-22)26(32)20-31(24-16-14-23(28)15-17-24)36(34,35)25-12-8-5-9-13-25/h4-17,21H,3,18-20H2,1-2H3,(H,29,33). The Hall–Kier alpha value is -3.72. The molecular weight excluding hydrogens is 481 g/mol. The number of rotatable bonds is 11. The maximum absolute atomic E-state index is 13.7. The number of hydrogen-bond donors (Lipinski definition) is 1. The molecule has 7 nitrogen and oxygen atoms in total. The lowest BCUT2D eigenvalue weighted by atomic mass is 10.1. The Morgan fingerprint density at radius 1 is 0.917 bits per heavy atom. The molecule has 0 aliphatic carbocycles. The number of sulfonamides is 1. The van der Waals surface area contributed by atoms with Crippen molar-refractivity contribution in [1.29, 1.82) is 0 Å². The van der Waals surface area contributed by atoms with E-state index in [0.29, 0.717) is 6.54 Å². The van der Waals surface area contributed by atoms with E-state index in [2.05, 4.69) is 5.32 Å². The normalized spacial score (nSPS) is 12.0. The molecule has 0 saturated heterocycles. The molecule has 0 aliphatic heterocycles. The molecule has 0 radical (unpaired) electrons. The predicted octanol–water partition coefficient (Wildman–Crippen LogP) is 3.96. The third-order valence-corrected chi connectivity index (χ3v) is 7.43. The Kier molecular flexibility index (Phi) is 9.19. The van der Waals surface area contributed by atoms with Crippen molar-refractivity contribution >= 4 is 27.5 Å². The summed E-state index contributed by atoms with van der Waals surface area (Å²) in [6.07, 6.45) is 0.735. The van der Waals surface area contributed by atoms with Crippen molar-refractivity contribution in [3.63, 3.8) is 0 Å². The Bertz CT molecular complexity index is 1250. The lowest BCUT2D eigenvalue weighted by molar-refractivity contribution is -0.139. The zero-order chi connectivity index (χ0) is 26.1. The molecule has 0 aromatic heterocycles. The zero-order valence-corrected chi connectivity index (χ0v) is 21.1. The van der Waals surface area contributed by atoms with Crippen molar-refractivity contribution in [3.05, 3.63) is 96.3 Å². The fourth-order valence-corrected chi connectivity index (χ4v) is 5.05. The molecule has 3 aromatic carbocycles. The van der Waals surface area contributed by atoms with Gasteiger partial charge in [-0.2, -0.15) is 0 Å². The van der Waals surface area contributed by atoms with Gasteiger partial charge in [-0.25, -0.2) is 12.8 Å². The van der Waals surface area contributed by atoms with E-state index < -0.39 is 34.3 Å². The molecular formula is C27H30FN3O4S. The SMILES string of the molecule is CCCNC(=O)C(C)N(Cc1ccccc1)C(=O)CN(c1ccc(F)cc1)S(=O)(=O)c1ccccc1. The minimum absolute atomic E-state index is 0.00882. The first-order valence-corrected chi connectivity index (χ1v) is 13.1. The number of carbonyl (C=O) groups is 2. The Balaban J connectivity index is 1.98. The van der Waals surface area contributed by atoms with E-state index in [0.717, 1.165) is 28.4 Å². The van der Waals surface area contributed by atoms with Crippen LogP contribution in [0.4, 0.5) is 10.1 Å². The van der Waals surface area contributed by atoms with Crippen molar-refractivity contribution in [2.24, 2.45) is 0 Å². The molecule has 3 aromatic rings. The van der Waals surface area contributed by atoms with Gasteiger partial charge in [0.2, 0.25) is 11.8 Å². The molecule has 3 rings (SSSR count). The minimum Gasteiger partial charge on any atom is -0.354 e. The maximum atomic E-state index is 13.7. The number of halogens is 1. The Morgan fingerprint density at radius 2 is 1.50 bits per heavy atom. The van der Waals surface area contributed by atoms with Crippen molar-refractivity contribution in [1.82, 2.24) is 10.2 Å². The summed E-state index contributed by atoms with van der Waals surface area (Å²) in [5.74, 6) is -1.43. The third kappa shape index (κ3) is 6.69. The molecule has 36 heavy (non-hydrogen) atoms. The number of benzene rings is 3. The third-order valence-electron chi connectivity index (χ3n) is 5.64. The number of carbonyl (C=O) groups excluding carboxylic acids is 2. The number of hydrogen-bond acceptors (Lipinski definition) is 4. The van der Waals surface area contributed by atoms with E-state index in [1.54, 1.807) is 25.1 Å². The lowest BCUT2D eigenvalue weighted by Crippen LogP contribution is -2.51. The van der Waals surface area contributed by atoms with Gasteiger partial charge in [0.15, 0.2) is 0 Å². The van der Waals surface area contributed by atoms with Gasteiger partial charge in [-0.3, -0.25) is 13.9 Å². The van der Waals surface area contributed by atoms with Crippen LogP contribution >= 0.6 is 0 Å². The monoisotopic (exact) mass is 511 g/mol. The topological polar surface area (TPSA) is 86.8 Å². The van der Waals surface area contributed by atoms with E-state index in [-0.39, 0.29) is 23.0 Å². The van der Waals surface area contributed by atoms with Crippen molar-refractivity contribution in [2.75, 3.05) is 17.4 Å². The highest BCUT2D eigenvalue weighted by atomic mass is 32.2. The van der Waals surface area contributed by atoms with Crippen LogP contribution in [0.15, 0.2) is 89.8 Å². The van der Waals surface area contributed by atoms with Crippen LogP contribution in [0.1, 0.15) is 25.8 Å². The molecule has 1 atom stereocenters. The van der Waals surface area contributed by atoms with Gasteiger partial charge in [-0.05, 0) is 55.3 Å². The van der Waals surface area contributed by atoms with Crippen LogP contribution < -0.4 is 9.62 Å². The average molecular weight is 512 g/mol. The van der Waals surface area contributed by atoms with Gasteiger partial charge >= 0.3 is 0 Å². The van der Waals surface area contributed by atoms with E-state index in [4.69, 9.17) is 0 Å². The molecule has 0 fully saturated rings. The van der Waals surface area contributed by atoms with Crippen molar-refractivity contribution in [2.45, 2.75) is 37.8 Å². The van der Waals surface area contributed by atoms with Crippen LogP contribution in [0.5, 0.6) is 0 Å². The molecule has 0 bridgehead atoms. The van der Waals surface area contributed by atoms with Gasteiger partial charge in [0, 0.05) is 13.1 Å². The first-order chi connectivity index (χ1) is 17.2. The largest absolute Gasteiger partial charge is 0.354 e. The predicted molar refractivity (Wildman–Crippen MR) is 137 cm³/mol. The fraction of sp³-hybridized carbons (Fsp3) is 0.259. The minimum atomic E-state index is -4.17. The number of nitrogens with one attached hydrogen (secondary N) is 1. The number of anilines is 1. The smallest absolute Gasteiger partial charge is 0.264 e. The van der Waals surface area contributed by atoms with Crippen molar-refractivity contribution in [3.8, 4) is 0 Å². The average Bonchev–Trinajstić information content (AvgIpc) is 2.90. The van der Waals surface area contributed by atoms with Crippen LogP contribution in [-0.2, 0) is 26.2 Å². The summed E-state index contributed by atoms with van der Waals surface area (Å²) in [6.45, 7) is 3.54. The molecule has 0 saturated carbocycles. The van der Waals surface area contributed by atoms with Gasteiger partial charge < -0.3 is 10.2 Å². The van der Waals surface area contributed by atoms with Gasteiger partial charge in [0.25, 0.3) is 10.0 Å². The highest BCUT2D eigenvalue weighted by Gasteiger charge is 2.32. The van der Waals surface area contributed by atoms with Gasteiger partial charge in [0.05, 0.1) is 10.6 Å². The summed E-state index contributed by atoms with van der Waals surface area (Å²) in [4.78, 5) is 27.8. The summed E-state index contributed by atoms with van der Waals surface area (Å²) >= 11 is 0. The highest BCUT2D eigenvalue weighted by Crippen LogP contribution is 2.24. The second kappa shape index (κ2) is 12.3.